The van der Waals surface area contributed by atoms with Gasteiger partial charge in [-0.05, 0) is 241 Å². The molecular formula is C120H160N5Si5+5. The number of fused-ring (bicyclic) bond motifs is 5. The lowest BCUT2D eigenvalue weighted by Crippen LogP contribution is -2.38. The molecule has 10 heteroatoms. The highest BCUT2D eigenvalue weighted by Gasteiger charge is 2.31. The highest BCUT2D eigenvalue weighted by Crippen LogP contribution is 2.39. The summed E-state index contributed by atoms with van der Waals surface area (Å²) in [6.07, 6.45) is 3.12. The van der Waals surface area contributed by atoms with Crippen molar-refractivity contribution in [1.29, 1.82) is 0 Å². The minimum atomic E-state index is -1.43. The number of aryl methyl sites for hydroxylation is 8. The quantitative estimate of drug-likeness (QED) is 0.0720. The first kappa shape index (κ1) is 93.6. The summed E-state index contributed by atoms with van der Waals surface area (Å²) in [6.45, 7) is 79.1. The number of rotatable bonds is 15. The van der Waals surface area contributed by atoms with E-state index in [2.05, 4.69) is 459 Å². The van der Waals surface area contributed by atoms with Crippen LogP contribution in [-0.4, -0.2) is 40.4 Å². The Bertz CT molecular complexity index is 7050. The van der Waals surface area contributed by atoms with Crippen molar-refractivity contribution >= 4 is 120 Å². The lowest BCUT2D eigenvalue weighted by molar-refractivity contribution is -0.665. The Balaban J connectivity index is 0.000000162. The second-order valence-corrected chi connectivity index (χ2v) is 68.8. The maximum absolute atomic E-state index is 8.79. The van der Waals surface area contributed by atoms with Gasteiger partial charge in [-0.25, -0.2) is 0 Å². The second-order valence-electron chi connectivity index (χ2n) is 43.4. The van der Waals surface area contributed by atoms with Gasteiger partial charge in [0.05, 0.1) is 90.8 Å². The number of pyridine rings is 5. The van der Waals surface area contributed by atoms with Crippen molar-refractivity contribution in [2.75, 3.05) is 0 Å². The molecule has 680 valence electrons. The predicted molar refractivity (Wildman–Crippen MR) is 586 cm³/mol. The van der Waals surface area contributed by atoms with Gasteiger partial charge in [-0.15, -0.1) is 0 Å². The first-order valence-corrected chi connectivity index (χ1v) is 65.4. The summed E-state index contributed by atoms with van der Waals surface area (Å²) < 4.78 is 54.8. The molecule has 0 atom stereocenters. The van der Waals surface area contributed by atoms with Gasteiger partial charge in [0, 0.05) is 76.0 Å². The normalized spacial score (nSPS) is 12.6. The highest BCUT2D eigenvalue weighted by molar-refractivity contribution is 6.90. The Hall–Kier alpha value is -9.67. The van der Waals surface area contributed by atoms with Crippen LogP contribution in [0.15, 0.2) is 194 Å². The van der Waals surface area contributed by atoms with Crippen molar-refractivity contribution < 1.29 is 29.7 Å². The molecule has 0 aliphatic carbocycles. The molecule has 0 radical (unpaired) electrons. The Morgan fingerprint density at radius 3 is 0.823 bits per heavy atom. The minimum absolute atomic E-state index is 0.490. The topological polar surface area (TPSA) is 19.4 Å². The fourth-order valence-electron chi connectivity index (χ4n) is 18.2. The van der Waals surface area contributed by atoms with Crippen molar-refractivity contribution in [3.63, 3.8) is 0 Å². The van der Waals surface area contributed by atoms with E-state index in [9.17, 15) is 0 Å². The van der Waals surface area contributed by atoms with Gasteiger partial charge in [-0.2, -0.15) is 22.8 Å². The molecule has 0 aliphatic heterocycles. The number of benzene rings is 10. The molecule has 15 aromatic rings. The molecule has 0 bridgehead atoms. The van der Waals surface area contributed by atoms with Crippen LogP contribution in [0.1, 0.15) is 168 Å². The molecule has 0 aliphatic rings. The first-order chi connectivity index (χ1) is 62.7. The third-order valence-corrected chi connectivity index (χ3v) is 38.1. The van der Waals surface area contributed by atoms with Gasteiger partial charge in [-0.3, -0.25) is 0 Å². The van der Waals surface area contributed by atoms with Crippen LogP contribution in [-0.2, 0) is 54.5 Å². The van der Waals surface area contributed by atoms with Gasteiger partial charge in [0.2, 0.25) is 28.5 Å². The zero-order valence-electron chi connectivity index (χ0n) is 92.6. The highest BCUT2D eigenvalue weighted by atomic mass is 28.3. The SMILES string of the molecule is [2H]c1c(C)[n+](C)c(-c2cc(C(C)C)cc(C)c2C)c2ccc([Si](C)(C)C)cc12.[2H]c1c(C)[n+](C)c(-c2cc(C(C)C)ccc2C)c2ccc([Si](C)(C)C)cc12.[2H]c1c(C)[n+](C)c(-c2cc(C)cc(C)c2C)c2ccc([Si](C)(C)C)cc12.[2H]c1c(C)[n+](C)c(-c2cc(CC)cc(CC)c2C)c2ccc([Si](C)(C)C)cc12.[2H]c1c(C)[n+](C)c(-c2cc(CC)ccc2C)c2ccc([Si](C)(C)C)cc12. The summed E-state index contributed by atoms with van der Waals surface area (Å²) in [4.78, 5) is 0. The molecule has 0 N–H and O–H groups in total. The van der Waals surface area contributed by atoms with Crippen LogP contribution < -0.4 is 48.8 Å². The summed E-state index contributed by atoms with van der Waals surface area (Å²) in [7, 11) is 3.35. The van der Waals surface area contributed by atoms with Gasteiger partial charge >= 0.3 is 0 Å². The average molecular weight is 1820 g/mol. The molecule has 10 aromatic carbocycles. The number of hydrogen-bond donors (Lipinski definition) is 0. The lowest BCUT2D eigenvalue weighted by Gasteiger charge is -2.19. The zero-order valence-corrected chi connectivity index (χ0v) is 92.6. The summed E-state index contributed by atoms with van der Waals surface area (Å²) in [5, 5.41) is 18.4. The number of aromatic nitrogens is 5. The molecule has 0 unspecified atom stereocenters. The maximum Gasteiger partial charge on any atom is 0.220 e. The molecule has 0 spiro atoms. The average Bonchev–Trinajstić information content (AvgIpc) is 0.759. The monoisotopic (exact) mass is 1820 g/mol. The van der Waals surface area contributed by atoms with E-state index in [-0.39, 0.29) is 0 Å². The maximum atomic E-state index is 8.79. The van der Waals surface area contributed by atoms with Crippen LogP contribution in [0.2, 0.25) is 98.2 Å². The Kier molecular flexibility index (Phi) is 28.5. The van der Waals surface area contributed by atoms with Crippen LogP contribution in [0.4, 0.5) is 0 Å². The summed E-state index contributed by atoms with van der Waals surface area (Å²) >= 11 is 0. The van der Waals surface area contributed by atoms with Crippen LogP contribution in [0.25, 0.3) is 110 Å². The summed E-state index contributed by atoms with van der Waals surface area (Å²) in [6, 6.07) is 64.8. The minimum Gasteiger partial charge on any atom is -0.198 e. The number of nitrogens with zero attached hydrogens (tertiary/aromatic N) is 5. The Labute approximate surface area is 798 Å². The Morgan fingerprint density at radius 2 is 0.523 bits per heavy atom. The smallest absolute Gasteiger partial charge is 0.198 e. The third kappa shape index (κ3) is 21.8. The van der Waals surface area contributed by atoms with Crippen molar-refractivity contribution in [1.82, 2.24) is 0 Å². The van der Waals surface area contributed by atoms with Crippen LogP contribution in [0.3, 0.4) is 0 Å². The molecule has 5 aromatic heterocycles. The van der Waals surface area contributed by atoms with Crippen LogP contribution >= 0.6 is 0 Å². The summed E-state index contributed by atoms with van der Waals surface area (Å²) in [5.41, 5.74) is 35.1. The molecule has 130 heavy (non-hydrogen) atoms. The van der Waals surface area contributed by atoms with E-state index in [4.69, 9.17) is 6.85 Å². The molecule has 0 saturated carbocycles. The van der Waals surface area contributed by atoms with E-state index in [0.29, 0.717) is 42.0 Å². The fraction of sp³-hybridized carbons (Fsp3) is 0.375. The largest absolute Gasteiger partial charge is 0.220 e. The van der Waals surface area contributed by atoms with Crippen LogP contribution in [0, 0.1) is 90.0 Å². The van der Waals surface area contributed by atoms with E-state index in [1.165, 1.54) is 181 Å². The second kappa shape index (κ2) is 39.6. The molecule has 15 rings (SSSR count). The van der Waals surface area contributed by atoms with Gasteiger partial charge in [-0.1, -0.05) is 281 Å². The first-order valence-electron chi connectivity index (χ1n) is 50.4. The predicted octanol–water partition coefficient (Wildman–Crippen LogP) is 27.3. The van der Waals surface area contributed by atoms with Gasteiger partial charge < -0.3 is 0 Å². The third-order valence-electron chi connectivity index (χ3n) is 27.9. The molecule has 0 saturated heterocycles. The molecular weight excluding hydrogens is 1650 g/mol. The zero-order chi connectivity index (χ0) is 100. The van der Waals surface area contributed by atoms with Crippen LogP contribution in [0.5, 0.6) is 0 Å². The van der Waals surface area contributed by atoms with E-state index >= 15 is 0 Å². The van der Waals surface area contributed by atoms with Gasteiger partial charge in [0.25, 0.3) is 0 Å². The van der Waals surface area contributed by atoms with Crippen molar-refractivity contribution in [3.05, 3.63) is 295 Å². The van der Waals surface area contributed by atoms with Gasteiger partial charge in [0.15, 0.2) is 28.5 Å². The summed E-state index contributed by atoms with van der Waals surface area (Å²) in [5.74, 6) is 0.987. The lowest BCUT2D eigenvalue weighted by atomic mass is 9.90. The molecule has 0 amide bonds. The van der Waals surface area contributed by atoms with E-state index in [1.807, 2.05) is 0 Å². The molecule has 5 heterocycles. The standard InChI is InChI=1S/2C25H34NSi.C24H32NSi.2C23H30NSi/c1-16(2)20-12-17(3)19(5)24(15-20)25-23-11-10-22(27(7,8)9)14-21(23)13-18(4)26(25)6;1-9-19-14-20(10-2)18(4)24(15-19)25-23-12-11-22(27(6,7)8)16-21(23)13-17(3)26(25)5;1-16(2)19-10-9-17(3)23(15-19)24-22-12-11-21(26(6,7)8)14-20(22)13-18(4)25(24)5;1-15-11-16(2)18(4)22(12-15)23-21-10-9-20(25(6,7)8)14-19(21)13-17(3)24(23)5;1-8-18-10-9-16(2)22(14-18)23-21-12-11-20(25(5,6)7)15-19(21)13-17(3)24(23)4/h10-16H,1-9H3;11-16H,9-10H2,1-8H3;9-16H,1-8H3;9-14H,1-8H3;9-15H,8H2,1-7H3/q5*+1/i5*13D. The van der Waals surface area contributed by atoms with E-state index in [0.717, 1.165) is 74.7 Å². The molecule has 0 fully saturated rings. The van der Waals surface area contributed by atoms with Crippen molar-refractivity contribution in [2.45, 2.75) is 268 Å². The van der Waals surface area contributed by atoms with Crippen molar-refractivity contribution in [2.24, 2.45) is 35.2 Å². The van der Waals surface area contributed by atoms with Crippen molar-refractivity contribution in [3.8, 4) is 56.3 Å². The van der Waals surface area contributed by atoms with Gasteiger partial charge in [0.1, 0.15) is 35.2 Å². The Morgan fingerprint density at radius 1 is 0.254 bits per heavy atom. The number of hydrogen-bond acceptors (Lipinski definition) is 0. The molecule has 5 nitrogen and oxygen atoms in total. The fourth-order valence-corrected chi connectivity index (χ4v) is 24.0. The van der Waals surface area contributed by atoms with E-state index < -0.39 is 40.4 Å². The van der Waals surface area contributed by atoms with E-state index in [1.54, 1.807) is 0 Å².